The minimum atomic E-state index is -0.347. The number of anilines is 1. The molecule has 2 rings (SSSR count). The monoisotopic (exact) mass is 327 g/mol. The van der Waals surface area contributed by atoms with E-state index in [-0.39, 0.29) is 11.6 Å². The van der Waals surface area contributed by atoms with Crippen LogP contribution in [0.2, 0.25) is 0 Å². The minimum Gasteiger partial charge on any atom is -0.494 e. The molecule has 0 aromatic heterocycles. The number of aryl methyl sites for hydroxylation is 1. The highest BCUT2D eigenvalue weighted by Crippen LogP contribution is 2.16. The van der Waals surface area contributed by atoms with E-state index in [0.717, 1.165) is 24.2 Å². The summed E-state index contributed by atoms with van der Waals surface area (Å²) in [6.07, 6.45) is 4.91. The first-order chi connectivity index (χ1) is 11.6. The van der Waals surface area contributed by atoms with Crippen LogP contribution in [0.5, 0.6) is 5.75 Å². The number of ether oxygens (including phenoxy) is 1. The van der Waals surface area contributed by atoms with Gasteiger partial charge in [-0.3, -0.25) is 4.79 Å². The molecular weight excluding hydrogens is 305 g/mol. The van der Waals surface area contributed by atoms with Crippen molar-refractivity contribution in [3.8, 4) is 5.75 Å². The number of hydrogen-bond acceptors (Lipinski definition) is 3. The lowest BCUT2D eigenvalue weighted by Gasteiger charge is -2.05. The first kappa shape index (κ1) is 17.7. The molecule has 0 aliphatic rings. The van der Waals surface area contributed by atoms with E-state index in [9.17, 15) is 9.18 Å². The molecule has 126 valence electrons. The van der Waals surface area contributed by atoms with Crippen LogP contribution in [0.4, 0.5) is 10.1 Å². The van der Waals surface area contributed by atoms with Gasteiger partial charge in [0.05, 0.1) is 12.3 Å². The lowest BCUT2D eigenvalue weighted by atomic mass is 10.1. The standard InChI is InChI=1S/C20H22FNO2/c1-3-4-13-24-17-8-6-16(7-9-17)20(23)11-12-22-19-10-5-15(2)14-18(19)21/h5-12,14,22H,3-4,13H2,1-2H3/b12-11+. The Morgan fingerprint density at radius 3 is 2.62 bits per heavy atom. The topological polar surface area (TPSA) is 38.3 Å². The van der Waals surface area contributed by atoms with Crippen molar-refractivity contribution in [2.45, 2.75) is 26.7 Å². The summed E-state index contributed by atoms with van der Waals surface area (Å²) in [5.41, 5.74) is 1.74. The number of unbranched alkanes of at least 4 members (excludes halogenated alkanes) is 1. The zero-order valence-corrected chi connectivity index (χ0v) is 14.0. The third kappa shape index (κ3) is 5.23. The minimum absolute atomic E-state index is 0.157. The largest absolute Gasteiger partial charge is 0.494 e. The summed E-state index contributed by atoms with van der Waals surface area (Å²) >= 11 is 0. The van der Waals surface area contributed by atoms with Gasteiger partial charge in [0.2, 0.25) is 0 Å². The van der Waals surface area contributed by atoms with Crippen molar-refractivity contribution in [3.63, 3.8) is 0 Å². The van der Waals surface area contributed by atoms with Crippen molar-refractivity contribution < 1.29 is 13.9 Å². The second-order valence-corrected chi connectivity index (χ2v) is 5.55. The lowest BCUT2D eigenvalue weighted by molar-refractivity contribution is 0.104. The fraction of sp³-hybridized carbons (Fsp3) is 0.250. The van der Waals surface area contributed by atoms with Crippen LogP contribution in [0, 0.1) is 12.7 Å². The van der Waals surface area contributed by atoms with Gasteiger partial charge in [-0.25, -0.2) is 4.39 Å². The molecule has 0 aliphatic carbocycles. The van der Waals surface area contributed by atoms with Crippen molar-refractivity contribution in [1.29, 1.82) is 0 Å². The van der Waals surface area contributed by atoms with Crippen molar-refractivity contribution in [2.75, 3.05) is 11.9 Å². The van der Waals surface area contributed by atoms with Gasteiger partial charge in [0.15, 0.2) is 5.78 Å². The Morgan fingerprint density at radius 1 is 1.21 bits per heavy atom. The van der Waals surface area contributed by atoms with Gasteiger partial charge in [0, 0.05) is 17.8 Å². The summed E-state index contributed by atoms with van der Waals surface area (Å²) in [4.78, 5) is 12.1. The summed E-state index contributed by atoms with van der Waals surface area (Å²) in [6.45, 7) is 4.60. The highest BCUT2D eigenvalue weighted by atomic mass is 19.1. The van der Waals surface area contributed by atoms with Crippen molar-refractivity contribution >= 4 is 11.5 Å². The SMILES string of the molecule is CCCCOc1ccc(C(=O)/C=C/Nc2ccc(C)cc2F)cc1. The fourth-order valence-electron chi connectivity index (χ4n) is 2.09. The highest BCUT2D eigenvalue weighted by Gasteiger charge is 2.03. The molecule has 0 spiro atoms. The molecule has 0 saturated carbocycles. The molecule has 2 aromatic carbocycles. The molecule has 4 heteroatoms. The summed E-state index contributed by atoms with van der Waals surface area (Å²) in [5, 5.41) is 2.79. The van der Waals surface area contributed by atoms with Gasteiger partial charge >= 0.3 is 0 Å². The van der Waals surface area contributed by atoms with Gasteiger partial charge in [-0.1, -0.05) is 19.4 Å². The summed E-state index contributed by atoms with van der Waals surface area (Å²) in [5.74, 6) is 0.250. The van der Waals surface area contributed by atoms with Crippen LogP contribution < -0.4 is 10.1 Å². The van der Waals surface area contributed by atoms with E-state index in [2.05, 4.69) is 12.2 Å². The average Bonchev–Trinajstić information content (AvgIpc) is 2.57. The van der Waals surface area contributed by atoms with E-state index >= 15 is 0 Å². The van der Waals surface area contributed by atoms with E-state index in [1.54, 1.807) is 36.4 Å². The third-order valence-corrected chi connectivity index (χ3v) is 3.50. The molecule has 3 nitrogen and oxygen atoms in total. The van der Waals surface area contributed by atoms with Gasteiger partial charge in [-0.2, -0.15) is 0 Å². The Balaban J connectivity index is 1.91. The average molecular weight is 327 g/mol. The number of allylic oxidation sites excluding steroid dienone is 1. The first-order valence-electron chi connectivity index (χ1n) is 8.06. The molecule has 1 N–H and O–H groups in total. The third-order valence-electron chi connectivity index (χ3n) is 3.50. The van der Waals surface area contributed by atoms with Gasteiger partial charge in [-0.05, 0) is 55.3 Å². The summed E-state index contributed by atoms with van der Waals surface area (Å²) < 4.78 is 19.2. The molecule has 0 unspecified atom stereocenters. The number of hydrogen-bond donors (Lipinski definition) is 1. The van der Waals surface area contributed by atoms with Gasteiger partial charge < -0.3 is 10.1 Å². The fourth-order valence-corrected chi connectivity index (χ4v) is 2.09. The molecule has 0 amide bonds. The Bertz CT molecular complexity index is 708. The van der Waals surface area contributed by atoms with E-state index in [1.165, 1.54) is 18.3 Å². The molecule has 24 heavy (non-hydrogen) atoms. The maximum Gasteiger partial charge on any atom is 0.187 e. The van der Waals surface area contributed by atoms with Crippen LogP contribution in [0.3, 0.4) is 0 Å². The maximum atomic E-state index is 13.7. The lowest BCUT2D eigenvalue weighted by Crippen LogP contribution is -1.99. The van der Waals surface area contributed by atoms with E-state index in [1.807, 2.05) is 6.92 Å². The van der Waals surface area contributed by atoms with Crippen LogP contribution in [0.25, 0.3) is 0 Å². The van der Waals surface area contributed by atoms with E-state index in [0.29, 0.717) is 17.9 Å². The molecule has 0 atom stereocenters. The van der Waals surface area contributed by atoms with E-state index in [4.69, 9.17) is 4.74 Å². The van der Waals surface area contributed by atoms with Crippen LogP contribution in [-0.4, -0.2) is 12.4 Å². The number of rotatable bonds is 8. The molecule has 0 radical (unpaired) electrons. The Labute approximate surface area is 142 Å². The Kier molecular flexibility index (Phi) is 6.55. The number of halogens is 1. The van der Waals surface area contributed by atoms with E-state index < -0.39 is 0 Å². The molecule has 0 saturated heterocycles. The van der Waals surface area contributed by atoms with Crippen LogP contribution in [-0.2, 0) is 0 Å². The summed E-state index contributed by atoms with van der Waals surface area (Å²) in [7, 11) is 0. The predicted octanol–water partition coefficient (Wildman–Crippen LogP) is 5.12. The van der Waals surface area contributed by atoms with Gasteiger partial charge in [0.25, 0.3) is 0 Å². The van der Waals surface area contributed by atoms with Crippen LogP contribution in [0.15, 0.2) is 54.7 Å². The Hall–Kier alpha value is -2.62. The maximum absolute atomic E-state index is 13.7. The van der Waals surface area contributed by atoms with Gasteiger partial charge in [-0.15, -0.1) is 0 Å². The van der Waals surface area contributed by atoms with Crippen molar-refractivity contribution in [3.05, 3.63) is 71.7 Å². The van der Waals surface area contributed by atoms with Gasteiger partial charge in [0.1, 0.15) is 11.6 Å². The predicted molar refractivity (Wildman–Crippen MR) is 95.1 cm³/mol. The molecule has 0 aliphatic heterocycles. The van der Waals surface area contributed by atoms with Crippen LogP contribution in [0.1, 0.15) is 35.7 Å². The smallest absolute Gasteiger partial charge is 0.187 e. The quantitative estimate of drug-likeness (QED) is 0.415. The van der Waals surface area contributed by atoms with Crippen molar-refractivity contribution in [2.24, 2.45) is 0 Å². The number of carbonyl (C=O) groups excluding carboxylic acids is 1. The Morgan fingerprint density at radius 2 is 1.96 bits per heavy atom. The molecule has 0 heterocycles. The second-order valence-electron chi connectivity index (χ2n) is 5.55. The zero-order valence-electron chi connectivity index (χ0n) is 14.0. The van der Waals surface area contributed by atoms with Crippen LogP contribution >= 0.6 is 0 Å². The normalized spacial score (nSPS) is 10.8. The molecule has 0 fully saturated rings. The highest BCUT2D eigenvalue weighted by molar-refractivity contribution is 6.04. The number of ketones is 1. The number of carbonyl (C=O) groups is 1. The first-order valence-corrected chi connectivity index (χ1v) is 8.06. The molecule has 2 aromatic rings. The zero-order chi connectivity index (χ0) is 17.4. The number of nitrogens with one attached hydrogen (secondary N) is 1. The second kappa shape index (κ2) is 8.87. The number of benzene rings is 2. The molecular formula is C20H22FNO2. The summed E-state index contributed by atoms with van der Waals surface area (Å²) in [6, 6.07) is 11.9. The molecule has 0 bridgehead atoms. The van der Waals surface area contributed by atoms with Crippen molar-refractivity contribution in [1.82, 2.24) is 0 Å².